The van der Waals surface area contributed by atoms with Crippen molar-refractivity contribution in [3.05, 3.63) is 72.1 Å². The predicted molar refractivity (Wildman–Crippen MR) is 115 cm³/mol. The summed E-state index contributed by atoms with van der Waals surface area (Å²) in [5.74, 6) is 1.39. The molecule has 30 heavy (non-hydrogen) atoms. The summed E-state index contributed by atoms with van der Waals surface area (Å²) in [6.07, 6.45) is 5.73. The smallest absolute Gasteiger partial charge is 0.244 e. The summed E-state index contributed by atoms with van der Waals surface area (Å²) in [7, 11) is 4.65. The highest BCUT2D eigenvalue weighted by Crippen LogP contribution is 2.38. The number of aromatic nitrogens is 2. The van der Waals surface area contributed by atoms with Gasteiger partial charge in [0.25, 0.3) is 0 Å². The normalized spacial score (nSPS) is 10.8. The van der Waals surface area contributed by atoms with E-state index in [-0.39, 0.29) is 5.91 Å². The molecule has 0 unspecified atom stereocenters. The number of methoxy groups -OCH3 is 3. The van der Waals surface area contributed by atoms with Gasteiger partial charge in [0.1, 0.15) is 0 Å². The first-order chi connectivity index (χ1) is 14.6. The highest BCUT2D eigenvalue weighted by atomic mass is 16.5. The molecule has 1 amide bonds. The molecule has 7 heteroatoms. The fraction of sp³-hybridized carbons (Fsp3) is 0.217. The number of rotatable bonds is 9. The molecule has 0 aliphatic carbocycles. The predicted octanol–water partition coefficient (Wildman–Crippen LogP) is 3.27. The first-order valence-corrected chi connectivity index (χ1v) is 9.50. The molecule has 1 aromatic heterocycles. The molecule has 0 atom stereocenters. The van der Waals surface area contributed by atoms with Gasteiger partial charge >= 0.3 is 0 Å². The van der Waals surface area contributed by atoms with E-state index in [0.29, 0.717) is 30.2 Å². The number of ether oxygens (including phenoxy) is 3. The summed E-state index contributed by atoms with van der Waals surface area (Å²) in [6, 6.07) is 15.4. The van der Waals surface area contributed by atoms with Crippen LogP contribution < -0.4 is 19.5 Å². The fourth-order valence-corrected chi connectivity index (χ4v) is 2.96. The Hall–Kier alpha value is -3.74. The Morgan fingerprint density at radius 1 is 1.03 bits per heavy atom. The van der Waals surface area contributed by atoms with Crippen molar-refractivity contribution in [2.45, 2.75) is 6.42 Å². The molecular weight excluding hydrogens is 382 g/mol. The van der Waals surface area contributed by atoms with Crippen molar-refractivity contribution in [1.82, 2.24) is 15.1 Å². The Balaban J connectivity index is 1.55. The van der Waals surface area contributed by atoms with Gasteiger partial charge in [-0.15, -0.1) is 0 Å². The van der Waals surface area contributed by atoms with E-state index >= 15 is 0 Å². The van der Waals surface area contributed by atoms with Gasteiger partial charge in [-0.1, -0.05) is 18.2 Å². The van der Waals surface area contributed by atoms with Crippen LogP contribution in [0.2, 0.25) is 0 Å². The van der Waals surface area contributed by atoms with E-state index in [1.165, 1.54) is 6.08 Å². The molecule has 0 spiro atoms. The van der Waals surface area contributed by atoms with Crippen molar-refractivity contribution >= 4 is 12.0 Å². The second kappa shape index (κ2) is 10.2. The van der Waals surface area contributed by atoms with Gasteiger partial charge in [-0.25, -0.2) is 4.68 Å². The van der Waals surface area contributed by atoms with Crippen LogP contribution in [-0.2, 0) is 11.2 Å². The highest BCUT2D eigenvalue weighted by Gasteiger charge is 2.12. The van der Waals surface area contributed by atoms with Gasteiger partial charge in [-0.05, 0) is 42.0 Å². The summed E-state index contributed by atoms with van der Waals surface area (Å²) in [4.78, 5) is 12.2. The van der Waals surface area contributed by atoms with Crippen LogP contribution in [0, 0.1) is 0 Å². The minimum atomic E-state index is -0.189. The molecule has 0 fully saturated rings. The summed E-state index contributed by atoms with van der Waals surface area (Å²) >= 11 is 0. The third-order valence-electron chi connectivity index (χ3n) is 4.46. The zero-order valence-electron chi connectivity index (χ0n) is 17.3. The van der Waals surface area contributed by atoms with Gasteiger partial charge in [-0.3, -0.25) is 4.79 Å². The number of hydrogen-bond acceptors (Lipinski definition) is 5. The number of amides is 1. The average Bonchev–Trinajstić information content (AvgIpc) is 3.26. The van der Waals surface area contributed by atoms with E-state index in [9.17, 15) is 4.79 Å². The second-order valence-corrected chi connectivity index (χ2v) is 6.42. The fourth-order valence-electron chi connectivity index (χ4n) is 2.96. The third kappa shape index (κ3) is 5.20. The third-order valence-corrected chi connectivity index (χ3v) is 4.46. The molecule has 3 rings (SSSR count). The number of nitrogens with one attached hydrogen (secondary N) is 1. The lowest BCUT2D eigenvalue weighted by atomic mass is 10.1. The summed E-state index contributed by atoms with van der Waals surface area (Å²) in [6.45, 7) is 0.490. The van der Waals surface area contributed by atoms with Gasteiger partial charge < -0.3 is 19.5 Å². The molecule has 3 aromatic rings. The zero-order valence-corrected chi connectivity index (χ0v) is 17.3. The highest BCUT2D eigenvalue weighted by molar-refractivity contribution is 5.91. The maximum Gasteiger partial charge on any atom is 0.244 e. The van der Waals surface area contributed by atoms with E-state index in [1.54, 1.807) is 39.5 Å². The van der Waals surface area contributed by atoms with E-state index in [0.717, 1.165) is 16.9 Å². The maximum atomic E-state index is 12.2. The Labute approximate surface area is 175 Å². The van der Waals surface area contributed by atoms with Crippen LogP contribution in [0.4, 0.5) is 0 Å². The van der Waals surface area contributed by atoms with E-state index < -0.39 is 0 Å². The van der Waals surface area contributed by atoms with Crippen LogP contribution in [0.25, 0.3) is 11.8 Å². The van der Waals surface area contributed by atoms with Gasteiger partial charge in [0.2, 0.25) is 11.7 Å². The van der Waals surface area contributed by atoms with Gasteiger partial charge in [0.05, 0.1) is 32.7 Å². The minimum absolute atomic E-state index is 0.189. The van der Waals surface area contributed by atoms with Gasteiger partial charge in [0, 0.05) is 25.2 Å². The quantitative estimate of drug-likeness (QED) is 0.551. The van der Waals surface area contributed by atoms with Gasteiger partial charge in [0.15, 0.2) is 11.5 Å². The molecule has 0 saturated heterocycles. The molecule has 0 aliphatic heterocycles. The summed E-state index contributed by atoms with van der Waals surface area (Å²) in [5, 5.41) is 7.40. The van der Waals surface area contributed by atoms with Crippen molar-refractivity contribution in [2.75, 3.05) is 27.9 Å². The molecule has 0 saturated carbocycles. The number of benzene rings is 2. The van der Waals surface area contributed by atoms with Crippen molar-refractivity contribution in [3.8, 4) is 22.9 Å². The standard InChI is InChI=1S/C23H25N3O4/c1-28-20-15-17(16-21(29-2)23(20)30-3)9-10-22(27)24-13-11-18-12-14-26(25-18)19-7-5-4-6-8-19/h4-10,12,14-16H,11,13H2,1-3H3,(H,24,27)/b10-9+. The molecule has 7 nitrogen and oxygen atoms in total. The Morgan fingerprint density at radius 3 is 2.37 bits per heavy atom. The molecule has 1 N–H and O–H groups in total. The van der Waals surface area contributed by atoms with E-state index in [2.05, 4.69) is 10.4 Å². The molecule has 156 valence electrons. The maximum absolute atomic E-state index is 12.2. The molecule has 0 aliphatic rings. The zero-order chi connectivity index (χ0) is 21.3. The van der Waals surface area contributed by atoms with Crippen molar-refractivity contribution in [2.24, 2.45) is 0 Å². The lowest BCUT2D eigenvalue weighted by molar-refractivity contribution is -0.116. The van der Waals surface area contributed by atoms with Crippen LogP contribution >= 0.6 is 0 Å². The monoisotopic (exact) mass is 407 g/mol. The minimum Gasteiger partial charge on any atom is -0.493 e. The number of carbonyl (C=O) groups excluding carboxylic acids is 1. The Bertz CT molecular complexity index is 987. The van der Waals surface area contributed by atoms with E-state index in [1.807, 2.05) is 47.3 Å². The molecule has 0 radical (unpaired) electrons. The Kier molecular flexibility index (Phi) is 7.10. The first kappa shape index (κ1) is 21.0. The van der Waals surface area contributed by atoms with Crippen molar-refractivity contribution < 1.29 is 19.0 Å². The van der Waals surface area contributed by atoms with Crippen LogP contribution in [0.15, 0.2) is 60.8 Å². The first-order valence-electron chi connectivity index (χ1n) is 9.50. The van der Waals surface area contributed by atoms with Crippen LogP contribution in [-0.4, -0.2) is 43.6 Å². The van der Waals surface area contributed by atoms with Crippen LogP contribution in [0.3, 0.4) is 0 Å². The largest absolute Gasteiger partial charge is 0.493 e. The lowest BCUT2D eigenvalue weighted by Gasteiger charge is -2.12. The number of hydrogen-bond donors (Lipinski definition) is 1. The molecule has 1 heterocycles. The molecule has 0 bridgehead atoms. The topological polar surface area (TPSA) is 74.6 Å². The lowest BCUT2D eigenvalue weighted by Crippen LogP contribution is -2.23. The molecular formula is C23H25N3O4. The summed E-state index contributed by atoms with van der Waals surface area (Å²) < 4.78 is 17.8. The SMILES string of the molecule is COc1cc(/C=C/C(=O)NCCc2ccn(-c3ccccc3)n2)cc(OC)c1OC. The van der Waals surface area contributed by atoms with Crippen LogP contribution in [0.1, 0.15) is 11.3 Å². The second-order valence-electron chi connectivity index (χ2n) is 6.42. The number of nitrogens with zero attached hydrogens (tertiary/aromatic N) is 2. The van der Waals surface area contributed by atoms with Crippen molar-refractivity contribution in [1.29, 1.82) is 0 Å². The van der Waals surface area contributed by atoms with Crippen molar-refractivity contribution in [3.63, 3.8) is 0 Å². The number of para-hydroxylation sites is 1. The van der Waals surface area contributed by atoms with E-state index in [4.69, 9.17) is 14.2 Å². The number of carbonyl (C=O) groups is 1. The summed E-state index contributed by atoms with van der Waals surface area (Å²) in [5.41, 5.74) is 2.68. The van der Waals surface area contributed by atoms with Gasteiger partial charge in [-0.2, -0.15) is 5.10 Å². The average molecular weight is 407 g/mol. The van der Waals surface area contributed by atoms with Crippen LogP contribution in [0.5, 0.6) is 17.2 Å². The molecule has 2 aromatic carbocycles. The Morgan fingerprint density at radius 2 is 1.73 bits per heavy atom.